The van der Waals surface area contributed by atoms with E-state index in [1.165, 1.54) is 24.4 Å². The summed E-state index contributed by atoms with van der Waals surface area (Å²) < 4.78 is 37.8. The van der Waals surface area contributed by atoms with Crippen LogP contribution < -0.4 is 0 Å². The molecule has 0 N–H and O–H groups in total. The summed E-state index contributed by atoms with van der Waals surface area (Å²) in [6.07, 6.45) is -3.29. The van der Waals surface area contributed by atoms with Gasteiger partial charge in [-0.05, 0) is 24.3 Å². The molecule has 1 aromatic carbocycles. The summed E-state index contributed by atoms with van der Waals surface area (Å²) >= 11 is 0. The third-order valence-corrected chi connectivity index (χ3v) is 3.04. The van der Waals surface area contributed by atoms with Gasteiger partial charge in [0.25, 0.3) is 0 Å². The van der Waals surface area contributed by atoms with E-state index < -0.39 is 17.5 Å². The van der Waals surface area contributed by atoms with Crippen LogP contribution in [0.4, 0.5) is 13.2 Å². The zero-order chi connectivity index (χ0) is 16.2. The van der Waals surface area contributed by atoms with Gasteiger partial charge in [0.05, 0.1) is 5.56 Å². The summed E-state index contributed by atoms with van der Waals surface area (Å²) in [5, 5.41) is 0. The van der Waals surface area contributed by atoms with Crippen molar-refractivity contribution in [2.45, 2.75) is 19.0 Å². The number of nitrogens with zero attached hydrogens (tertiary/aromatic N) is 1. The van der Waals surface area contributed by atoms with Crippen molar-refractivity contribution >= 4 is 11.6 Å². The molecule has 2 aromatic rings. The molecule has 1 aromatic heterocycles. The Balaban J connectivity index is 2.03. The Hall–Kier alpha value is -2.50. The van der Waals surface area contributed by atoms with E-state index in [1.54, 1.807) is 12.1 Å². The second-order valence-corrected chi connectivity index (χ2v) is 4.64. The highest BCUT2D eigenvalue weighted by atomic mass is 19.4. The third-order valence-electron chi connectivity index (χ3n) is 3.04. The van der Waals surface area contributed by atoms with E-state index in [4.69, 9.17) is 0 Å². The van der Waals surface area contributed by atoms with Crippen molar-refractivity contribution in [1.29, 1.82) is 0 Å². The second kappa shape index (κ2) is 6.51. The summed E-state index contributed by atoms with van der Waals surface area (Å²) in [4.78, 5) is 27.6. The van der Waals surface area contributed by atoms with Crippen LogP contribution >= 0.6 is 0 Å². The standard InChI is InChI=1S/C16H12F3NO2/c17-16(18,19)12-5-3-4-11(10-12)14(21)7-8-15(22)13-6-1-2-9-20-13/h1-6,9-10H,7-8H2. The smallest absolute Gasteiger partial charge is 0.294 e. The largest absolute Gasteiger partial charge is 0.416 e. The predicted octanol–water partition coefficient (Wildman–Crippen LogP) is 3.95. The van der Waals surface area contributed by atoms with E-state index in [1.807, 2.05) is 0 Å². The van der Waals surface area contributed by atoms with E-state index in [9.17, 15) is 22.8 Å². The Morgan fingerprint density at radius 2 is 1.68 bits per heavy atom. The maximum atomic E-state index is 12.6. The summed E-state index contributed by atoms with van der Waals surface area (Å²) in [6.45, 7) is 0. The van der Waals surface area contributed by atoms with Crippen molar-refractivity contribution in [3.63, 3.8) is 0 Å². The van der Waals surface area contributed by atoms with Crippen molar-refractivity contribution in [3.8, 4) is 0 Å². The molecule has 0 atom stereocenters. The van der Waals surface area contributed by atoms with E-state index in [0.717, 1.165) is 12.1 Å². The molecular weight excluding hydrogens is 295 g/mol. The molecule has 0 amide bonds. The normalized spacial score (nSPS) is 11.2. The lowest BCUT2D eigenvalue weighted by Crippen LogP contribution is -2.09. The first-order chi connectivity index (χ1) is 10.4. The highest BCUT2D eigenvalue weighted by Crippen LogP contribution is 2.29. The van der Waals surface area contributed by atoms with Crippen LogP contribution in [0, 0.1) is 0 Å². The Kier molecular flexibility index (Phi) is 4.70. The van der Waals surface area contributed by atoms with Gasteiger partial charge in [-0.3, -0.25) is 14.6 Å². The Morgan fingerprint density at radius 1 is 0.955 bits per heavy atom. The van der Waals surface area contributed by atoms with Crippen LogP contribution in [0.3, 0.4) is 0 Å². The maximum absolute atomic E-state index is 12.6. The minimum atomic E-state index is -4.50. The fourth-order valence-corrected chi connectivity index (χ4v) is 1.90. The number of hydrogen-bond acceptors (Lipinski definition) is 3. The average Bonchev–Trinajstić information content (AvgIpc) is 2.52. The van der Waals surface area contributed by atoms with Crippen LogP contribution in [-0.4, -0.2) is 16.6 Å². The van der Waals surface area contributed by atoms with E-state index >= 15 is 0 Å². The molecule has 114 valence electrons. The average molecular weight is 307 g/mol. The minimum Gasteiger partial charge on any atom is -0.294 e. The number of halogens is 3. The van der Waals surface area contributed by atoms with Crippen molar-refractivity contribution in [1.82, 2.24) is 4.98 Å². The molecule has 0 aliphatic carbocycles. The molecule has 0 fully saturated rings. The van der Waals surface area contributed by atoms with Crippen LogP contribution in [0.25, 0.3) is 0 Å². The van der Waals surface area contributed by atoms with Crippen molar-refractivity contribution in [2.24, 2.45) is 0 Å². The van der Waals surface area contributed by atoms with Gasteiger partial charge in [-0.2, -0.15) is 13.2 Å². The van der Waals surface area contributed by atoms with Crippen LogP contribution in [0.5, 0.6) is 0 Å². The monoisotopic (exact) mass is 307 g/mol. The number of carbonyl (C=O) groups excluding carboxylic acids is 2. The number of hydrogen-bond donors (Lipinski definition) is 0. The predicted molar refractivity (Wildman–Crippen MR) is 73.6 cm³/mol. The molecule has 0 radical (unpaired) electrons. The lowest BCUT2D eigenvalue weighted by Gasteiger charge is -2.08. The lowest BCUT2D eigenvalue weighted by molar-refractivity contribution is -0.137. The first kappa shape index (κ1) is 15.9. The zero-order valence-electron chi connectivity index (χ0n) is 11.4. The molecule has 22 heavy (non-hydrogen) atoms. The summed E-state index contributed by atoms with van der Waals surface area (Å²) in [7, 11) is 0. The highest BCUT2D eigenvalue weighted by molar-refractivity contribution is 6.01. The third kappa shape index (κ3) is 4.00. The number of pyridine rings is 1. The molecule has 0 saturated carbocycles. The highest BCUT2D eigenvalue weighted by Gasteiger charge is 2.30. The summed E-state index contributed by atoms with van der Waals surface area (Å²) in [6, 6.07) is 9.01. The van der Waals surface area contributed by atoms with Gasteiger partial charge in [-0.1, -0.05) is 18.2 Å². The molecule has 6 heteroatoms. The molecule has 0 spiro atoms. The van der Waals surface area contributed by atoms with Gasteiger partial charge in [-0.25, -0.2) is 0 Å². The molecule has 0 aliphatic rings. The van der Waals surface area contributed by atoms with Gasteiger partial charge < -0.3 is 0 Å². The topological polar surface area (TPSA) is 47.0 Å². The molecule has 0 saturated heterocycles. The fraction of sp³-hybridized carbons (Fsp3) is 0.188. The minimum absolute atomic E-state index is 0.0522. The van der Waals surface area contributed by atoms with Gasteiger partial charge in [0.1, 0.15) is 5.69 Å². The lowest BCUT2D eigenvalue weighted by atomic mass is 10.0. The van der Waals surface area contributed by atoms with Gasteiger partial charge in [0.15, 0.2) is 11.6 Å². The number of alkyl halides is 3. The van der Waals surface area contributed by atoms with E-state index in [-0.39, 0.29) is 29.9 Å². The van der Waals surface area contributed by atoms with Gasteiger partial charge in [0, 0.05) is 24.6 Å². The Bertz CT molecular complexity index is 681. The summed E-state index contributed by atoms with van der Waals surface area (Å²) in [5.41, 5.74) is -0.697. The molecule has 2 rings (SSSR count). The second-order valence-electron chi connectivity index (χ2n) is 4.64. The van der Waals surface area contributed by atoms with Gasteiger partial charge in [0.2, 0.25) is 0 Å². The number of ketones is 2. The zero-order valence-corrected chi connectivity index (χ0v) is 11.4. The quantitative estimate of drug-likeness (QED) is 0.786. The van der Waals surface area contributed by atoms with Crippen LogP contribution in [0.2, 0.25) is 0 Å². The van der Waals surface area contributed by atoms with Crippen molar-refractivity contribution in [2.75, 3.05) is 0 Å². The molecule has 3 nitrogen and oxygen atoms in total. The van der Waals surface area contributed by atoms with Crippen molar-refractivity contribution < 1.29 is 22.8 Å². The number of carbonyl (C=O) groups is 2. The molecule has 0 aliphatic heterocycles. The number of aromatic nitrogens is 1. The molecular formula is C16H12F3NO2. The van der Waals surface area contributed by atoms with E-state index in [2.05, 4.69) is 4.98 Å². The summed E-state index contributed by atoms with van der Waals surface area (Å²) in [5.74, 6) is -0.823. The molecule has 0 unspecified atom stereocenters. The van der Waals surface area contributed by atoms with Gasteiger partial charge in [-0.15, -0.1) is 0 Å². The van der Waals surface area contributed by atoms with Crippen LogP contribution in [-0.2, 0) is 6.18 Å². The Labute approximate surface area is 124 Å². The Morgan fingerprint density at radius 3 is 2.32 bits per heavy atom. The number of Topliss-reactive ketones (excluding diaryl/α,β-unsaturated/α-hetero) is 2. The van der Waals surface area contributed by atoms with Gasteiger partial charge >= 0.3 is 6.18 Å². The number of benzene rings is 1. The first-order valence-electron chi connectivity index (χ1n) is 6.52. The molecule has 0 bridgehead atoms. The van der Waals surface area contributed by atoms with Crippen LogP contribution in [0.1, 0.15) is 39.3 Å². The first-order valence-corrected chi connectivity index (χ1v) is 6.52. The fourth-order valence-electron chi connectivity index (χ4n) is 1.90. The SMILES string of the molecule is O=C(CCC(=O)c1ccccn1)c1cccc(C(F)(F)F)c1. The number of rotatable bonds is 5. The van der Waals surface area contributed by atoms with Crippen LogP contribution in [0.15, 0.2) is 48.7 Å². The van der Waals surface area contributed by atoms with Crippen molar-refractivity contribution in [3.05, 3.63) is 65.5 Å². The molecule has 1 heterocycles. The maximum Gasteiger partial charge on any atom is 0.416 e. The van der Waals surface area contributed by atoms with E-state index in [0.29, 0.717) is 0 Å².